The minimum atomic E-state index is -0.965. The van der Waals surface area contributed by atoms with Crippen molar-refractivity contribution in [3.8, 4) is 0 Å². The molecule has 2 aromatic carbocycles. The SMILES string of the molecule is Cc1cc(C[C@@H](OC(=O)N2CCC(N3CCc4ccccc4NC3=O)CC2)C(=O)N2CCC(N3CCC(C)(N)CC3)CC2)cc2nccnc12. The summed E-state index contributed by atoms with van der Waals surface area (Å²) >= 11 is 0. The summed E-state index contributed by atoms with van der Waals surface area (Å²) in [5, 5.41) is 3.06. The van der Waals surface area contributed by atoms with Crippen LogP contribution in [-0.2, 0) is 22.4 Å². The number of piperidine rings is 3. The second-order valence-electron chi connectivity index (χ2n) is 14.9. The van der Waals surface area contributed by atoms with Crippen LogP contribution in [0, 0.1) is 6.92 Å². The van der Waals surface area contributed by atoms with Crippen molar-refractivity contribution in [3.05, 3.63) is 65.5 Å². The van der Waals surface area contributed by atoms with Gasteiger partial charge >= 0.3 is 12.1 Å². The van der Waals surface area contributed by atoms with E-state index in [4.69, 9.17) is 10.5 Å². The summed E-state index contributed by atoms with van der Waals surface area (Å²) in [6.45, 7) is 8.88. The predicted octanol–water partition coefficient (Wildman–Crippen LogP) is 4.34. The van der Waals surface area contributed by atoms with Gasteiger partial charge in [0.2, 0.25) is 0 Å². The van der Waals surface area contributed by atoms with Gasteiger partial charge in [-0.05, 0) is 87.6 Å². The summed E-state index contributed by atoms with van der Waals surface area (Å²) in [4.78, 5) is 58.0. The molecular weight excluding hydrogens is 632 g/mol. The molecule has 0 aliphatic carbocycles. The Kier molecular flexibility index (Phi) is 9.92. The number of hydrogen-bond acceptors (Lipinski definition) is 8. The van der Waals surface area contributed by atoms with Gasteiger partial charge in [0.05, 0.1) is 11.0 Å². The Bertz CT molecular complexity index is 1710. The number of ether oxygens (including phenoxy) is 1. The van der Waals surface area contributed by atoms with Crippen molar-refractivity contribution in [3.63, 3.8) is 0 Å². The molecule has 12 heteroatoms. The van der Waals surface area contributed by atoms with E-state index < -0.39 is 12.2 Å². The number of urea groups is 1. The van der Waals surface area contributed by atoms with Crippen LogP contribution in [0.15, 0.2) is 48.8 Å². The lowest BCUT2D eigenvalue weighted by Gasteiger charge is -2.44. The van der Waals surface area contributed by atoms with Gasteiger partial charge in [-0.1, -0.05) is 24.3 Å². The van der Waals surface area contributed by atoms with Crippen molar-refractivity contribution in [2.75, 3.05) is 51.1 Å². The average molecular weight is 683 g/mol. The Balaban J connectivity index is 1.00. The fourth-order valence-electron chi connectivity index (χ4n) is 8.18. The first-order chi connectivity index (χ1) is 24.1. The number of amides is 4. The Morgan fingerprint density at radius 2 is 1.62 bits per heavy atom. The van der Waals surface area contributed by atoms with Crippen molar-refractivity contribution in [1.29, 1.82) is 0 Å². The molecule has 0 saturated carbocycles. The van der Waals surface area contributed by atoms with Crippen LogP contribution in [0.25, 0.3) is 11.0 Å². The molecular formula is C38H50N8O4. The second-order valence-corrected chi connectivity index (χ2v) is 14.9. The van der Waals surface area contributed by atoms with E-state index in [-0.39, 0.29) is 29.9 Å². The number of carbonyl (C=O) groups excluding carboxylic acids is 3. The van der Waals surface area contributed by atoms with Crippen molar-refractivity contribution >= 4 is 34.8 Å². The molecule has 0 unspecified atom stereocenters. The van der Waals surface area contributed by atoms with Crippen molar-refractivity contribution in [2.24, 2.45) is 5.73 Å². The zero-order valence-electron chi connectivity index (χ0n) is 29.4. The van der Waals surface area contributed by atoms with E-state index in [9.17, 15) is 14.4 Å². The Hall–Kier alpha value is -4.29. The van der Waals surface area contributed by atoms with Crippen LogP contribution < -0.4 is 11.1 Å². The van der Waals surface area contributed by atoms with Gasteiger partial charge in [-0.15, -0.1) is 0 Å². The summed E-state index contributed by atoms with van der Waals surface area (Å²) in [6.07, 6.45) is 7.95. The van der Waals surface area contributed by atoms with Crippen LogP contribution in [0.5, 0.6) is 0 Å². The van der Waals surface area contributed by atoms with Crippen molar-refractivity contribution in [2.45, 2.75) is 88.9 Å². The largest absolute Gasteiger partial charge is 0.436 e. The van der Waals surface area contributed by atoms with E-state index >= 15 is 0 Å². The van der Waals surface area contributed by atoms with Gasteiger partial charge < -0.3 is 35.4 Å². The van der Waals surface area contributed by atoms with Crippen LogP contribution >= 0.6 is 0 Å². The average Bonchev–Trinajstić information content (AvgIpc) is 3.29. The lowest BCUT2D eigenvalue weighted by atomic mass is 9.89. The van der Waals surface area contributed by atoms with Gasteiger partial charge in [0.1, 0.15) is 0 Å². The number of benzene rings is 2. The van der Waals surface area contributed by atoms with Crippen LogP contribution in [0.2, 0.25) is 0 Å². The minimum absolute atomic E-state index is 0.0206. The first-order valence-corrected chi connectivity index (χ1v) is 18.3. The third kappa shape index (κ3) is 7.56. The fourth-order valence-corrected chi connectivity index (χ4v) is 8.18. The van der Waals surface area contributed by atoms with Crippen LogP contribution in [0.3, 0.4) is 0 Å². The highest BCUT2D eigenvalue weighted by atomic mass is 16.6. The number of aryl methyl sites for hydroxylation is 1. The summed E-state index contributed by atoms with van der Waals surface area (Å²) in [5.74, 6) is -0.155. The molecule has 1 aromatic heterocycles. The maximum absolute atomic E-state index is 14.2. The molecule has 266 valence electrons. The number of nitrogens with one attached hydrogen (secondary N) is 1. The van der Waals surface area contributed by atoms with E-state index in [1.807, 2.05) is 47.1 Å². The number of para-hydroxylation sites is 1. The Morgan fingerprint density at radius 1 is 0.940 bits per heavy atom. The van der Waals surface area contributed by atoms with E-state index in [1.165, 1.54) is 0 Å². The maximum atomic E-state index is 14.2. The van der Waals surface area contributed by atoms with Gasteiger partial charge in [-0.25, -0.2) is 9.59 Å². The molecule has 0 bridgehead atoms. The van der Waals surface area contributed by atoms with E-state index in [0.717, 1.165) is 78.6 Å². The lowest BCUT2D eigenvalue weighted by molar-refractivity contribution is -0.142. The minimum Gasteiger partial charge on any atom is -0.436 e. The molecule has 4 aliphatic rings. The lowest BCUT2D eigenvalue weighted by Crippen LogP contribution is -2.55. The monoisotopic (exact) mass is 682 g/mol. The first kappa shape index (κ1) is 34.2. The molecule has 3 aromatic rings. The van der Waals surface area contributed by atoms with Gasteiger partial charge in [-0.2, -0.15) is 0 Å². The highest BCUT2D eigenvalue weighted by molar-refractivity contribution is 5.91. The van der Waals surface area contributed by atoms with Crippen molar-refractivity contribution in [1.82, 2.24) is 29.6 Å². The molecule has 12 nitrogen and oxygen atoms in total. The van der Waals surface area contributed by atoms with Gasteiger partial charge in [0.15, 0.2) is 6.10 Å². The fraction of sp³-hybridized carbons (Fsp3) is 0.553. The summed E-state index contributed by atoms with van der Waals surface area (Å²) in [6, 6.07) is 12.2. The van der Waals surface area contributed by atoms with E-state index in [1.54, 1.807) is 17.3 Å². The highest BCUT2D eigenvalue weighted by Gasteiger charge is 2.37. The van der Waals surface area contributed by atoms with E-state index in [2.05, 4.69) is 33.2 Å². The third-order valence-corrected chi connectivity index (χ3v) is 11.3. The molecule has 3 N–H and O–H groups in total. The zero-order chi connectivity index (χ0) is 34.8. The number of nitrogens with two attached hydrogens (primary N) is 1. The third-order valence-electron chi connectivity index (χ3n) is 11.3. The van der Waals surface area contributed by atoms with Crippen molar-refractivity contribution < 1.29 is 19.1 Å². The number of nitrogens with zero attached hydrogens (tertiary/aromatic N) is 6. The quantitative estimate of drug-likeness (QED) is 0.392. The van der Waals surface area contributed by atoms with E-state index in [0.29, 0.717) is 51.6 Å². The van der Waals surface area contributed by atoms with Gasteiger partial charge in [0.25, 0.3) is 5.91 Å². The molecule has 7 rings (SSSR count). The number of hydrogen-bond donors (Lipinski definition) is 2. The topological polar surface area (TPSA) is 137 Å². The first-order valence-electron chi connectivity index (χ1n) is 18.3. The summed E-state index contributed by atoms with van der Waals surface area (Å²) in [7, 11) is 0. The Morgan fingerprint density at radius 3 is 2.38 bits per heavy atom. The number of rotatable bonds is 6. The number of aromatic nitrogens is 2. The molecule has 1 atom stereocenters. The summed E-state index contributed by atoms with van der Waals surface area (Å²) in [5.41, 5.74) is 11.7. The van der Waals surface area contributed by atoms with Gasteiger partial charge in [0, 0.05) is 87.9 Å². The van der Waals surface area contributed by atoms with Crippen LogP contribution in [0.1, 0.15) is 62.1 Å². The summed E-state index contributed by atoms with van der Waals surface area (Å²) < 4.78 is 6.13. The predicted molar refractivity (Wildman–Crippen MR) is 192 cm³/mol. The standard InChI is InChI=1S/C38H50N8O4/c1-26-23-27(24-32-34(26)41-15-14-40-32)25-33(35(47)44-16-8-29(9-17-44)43-21-12-38(2,39)13-22-43)50-37(49)45-18-10-30(11-19-45)46-20-7-28-5-3-4-6-31(28)42-36(46)48/h3-6,14-15,23-24,29-30,33H,7-13,16-22,25,39H2,1-2H3,(H,42,48)/t33-/m1/s1. The normalized spacial score (nSPS) is 21.3. The zero-order valence-corrected chi connectivity index (χ0v) is 29.4. The molecule has 4 aliphatic heterocycles. The maximum Gasteiger partial charge on any atom is 0.410 e. The van der Waals surface area contributed by atoms with Crippen LogP contribution in [-0.4, -0.2) is 117 Å². The number of fused-ring (bicyclic) bond motifs is 2. The second kappa shape index (κ2) is 14.5. The number of anilines is 1. The number of likely N-dealkylation sites (tertiary alicyclic amines) is 3. The number of carbonyl (C=O) groups is 3. The van der Waals surface area contributed by atoms with Crippen LogP contribution in [0.4, 0.5) is 15.3 Å². The molecule has 5 heterocycles. The molecule has 3 fully saturated rings. The molecule has 4 amide bonds. The molecule has 0 radical (unpaired) electrons. The molecule has 3 saturated heterocycles. The highest BCUT2D eigenvalue weighted by Crippen LogP contribution is 2.28. The Labute approximate surface area is 294 Å². The van der Waals surface area contributed by atoms with Gasteiger partial charge in [-0.3, -0.25) is 14.8 Å². The smallest absolute Gasteiger partial charge is 0.410 e. The molecule has 0 spiro atoms. The molecule has 50 heavy (non-hydrogen) atoms.